The Bertz CT molecular complexity index is 710. The number of amides is 1. The molecule has 1 aromatic carbocycles. The molecule has 0 fully saturated rings. The first-order valence-corrected chi connectivity index (χ1v) is 6.66. The number of hydrogen-bond donors (Lipinski definition) is 1. The third-order valence-corrected chi connectivity index (χ3v) is 2.85. The van der Waals surface area contributed by atoms with Crippen molar-refractivity contribution in [3.8, 4) is 11.5 Å². The van der Waals surface area contributed by atoms with E-state index in [1.807, 2.05) is 0 Å². The van der Waals surface area contributed by atoms with Crippen molar-refractivity contribution in [3.63, 3.8) is 0 Å². The van der Waals surface area contributed by atoms with Crippen molar-refractivity contribution >= 4 is 17.6 Å². The van der Waals surface area contributed by atoms with Gasteiger partial charge in [0.05, 0.1) is 25.6 Å². The van der Waals surface area contributed by atoms with Crippen LogP contribution in [0.1, 0.15) is 16.2 Å². The number of hydrogen-bond acceptors (Lipinski definition) is 7. The second-order valence-corrected chi connectivity index (χ2v) is 4.52. The molecular formula is C15H16N2O6. The summed E-state index contributed by atoms with van der Waals surface area (Å²) in [5.74, 6) is -0.320. The highest BCUT2D eigenvalue weighted by Crippen LogP contribution is 2.28. The molecule has 0 radical (unpaired) electrons. The minimum atomic E-state index is -0.762. The zero-order valence-corrected chi connectivity index (χ0v) is 12.9. The van der Waals surface area contributed by atoms with E-state index in [-0.39, 0.29) is 5.76 Å². The predicted molar refractivity (Wildman–Crippen MR) is 79.7 cm³/mol. The monoisotopic (exact) mass is 320 g/mol. The molecule has 1 heterocycles. The lowest BCUT2D eigenvalue weighted by atomic mass is 10.2. The Labute approximate surface area is 132 Å². The first kappa shape index (κ1) is 16.3. The van der Waals surface area contributed by atoms with E-state index in [0.717, 1.165) is 0 Å². The zero-order chi connectivity index (χ0) is 16.8. The molecule has 23 heavy (non-hydrogen) atoms. The van der Waals surface area contributed by atoms with E-state index in [9.17, 15) is 9.59 Å². The minimum Gasteiger partial charge on any atom is -0.497 e. The van der Waals surface area contributed by atoms with Crippen molar-refractivity contribution in [1.82, 2.24) is 5.16 Å². The van der Waals surface area contributed by atoms with E-state index >= 15 is 0 Å². The summed E-state index contributed by atoms with van der Waals surface area (Å²) in [7, 11) is 2.99. The first-order chi connectivity index (χ1) is 11.0. The van der Waals surface area contributed by atoms with Crippen molar-refractivity contribution in [2.45, 2.75) is 6.92 Å². The molecule has 2 aromatic rings. The normalized spacial score (nSPS) is 10.0. The Morgan fingerprint density at radius 2 is 2.00 bits per heavy atom. The van der Waals surface area contributed by atoms with Crippen LogP contribution in [0.15, 0.2) is 28.8 Å². The second kappa shape index (κ2) is 7.30. The van der Waals surface area contributed by atoms with Crippen LogP contribution in [-0.2, 0) is 9.53 Å². The van der Waals surface area contributed by atoms with Crippen molar-refractivity contribution in [2.75, 3.05) is 26.1 Å². The van der Waals surface area contributed by atoms with Gasteiger partial charge in [-0.1, -0.05) is 5.16 Å². The van der Waals surface area contributed by atoms with E-state index < -0.39 is 18.5 Å². The molecule has 0 aliphatic rings. The molecule has 1 amide bonds. The summed E-state index contributed by atoms with van der Waals surface area (Å²) in [5, 5.41) is 6.15. The molecule has 122 valence electrons. The summed E-state index contributed by atoms with van der Waals surface area (Å²) in [6.45, 7) is 1.21. The van der Waals surface area contributed by atoms with Gasteiger partial charge >= 0.3 is 5.97 Å². The molecule has 0 spiro atoms. The number of carbonyl (C=O) groups is 2. The van der Waals surface area contributed by atoms with Gasteiger partial charge in [0.1, 0.15) is 11.5 Å². The number of aryl methyl sites for hydroxylation is 1. The molecule has 1 N–H and O–H groups in total. The molecule has 0 saturated heterocycles. The number of anilines is 1. The highest BCUT2D eigenvalue weighted by atomic mass is 16.6. The number of rotatable bonds is 6. The van der Waals surface area contributed by atoms with Crippen LogP contribution < -0.4 is 14.8 Å². The SMILES string of the molecule is COc1ccc(NC(=O)COC(=O)c2cc(C)no2)c(OC)c1. The lowest BCUT2D eigenvalue weighted by molar-refractivity contribution is -0.119. The number of nitrogens with one attached hydrogen (secondary N) is 1. The fraction of sp³-hybridized carbons (Fsp3) is 0.267. The molecule has 0 atom stereocenters. The van der Waals surface area contributed by atoms with Crippen molar-refractivity contribution in [3.05, 3.63) is 35.7 Å². The molecule has 0 unspecified atom stereocenters. The van der Waals surface area contributed by atoms with Crippen molar-refractivity contribution in [1.29, 1.82) is 0 Å². The zero-order valence-electron chi connectivity index (χ0n) is 12.9. The van der Waals surface area contributed by atoms with Crippen molar-refractivity contribution < 1.29 is 28.3 Å². The average Bonchev–Trinajstić information content (AvgIpc) is 2.99. The number of nitrogens with zero attached hydrogens (tertiary/aromatic N) is 1. The fourth-order valence-corrected chi connectivity index (χ4v) is 1.75. The van der Waals surface area contributed by atoms with E-state index in [2.05, 4.69) is 10.5 Å². The van der Waals surface area contributed by atoms with Crippen LogP contribution in [0, 0.1) is 6.92 Å². The first-order valence-electron chi connectivity index (χ1n) is 6.66. The van der Waals surface area contributed by atoms with Gasteiger partial charge in [0.15, 0.2) is 6.61 Å². The molecular weight excluding hydrogens is 304 g/mol. The quantitative estimate of drug-likeness (QED) is 0.810. The maximum absolute atomic E-state index is 11.9. The summed E-state index contributed by atoms with van der Waals surface area (Å²) in [6, 6.07) is 6.34. The Kier molecular flexibility index (Phi) is 5.19. The smallest absolute Gasteiger partial charge is 0.377 e. The third kappa shape index (κ3) is 4.22. The summed E-state index contributed by atoms with van der Waals surface area (Å²) < 4.78 is 19.8. The number of benzene rings is 1. The summed E-state index contributed by atoms with van der Waals surface area (Å²) in [5.41, 5.74) is 0.981. The predicted octanol–water partition coefficient (Wildman–Crippen LogP) is 1.80. The number of aromatic nitrogens is 1. The molecule has 2 rings (SSSR count). The Balaban J connectivity index is 1.93. The van der Waals surface area contributed by atoms with Gasteiger partial charge in [0.25, 0.3) is 5.91 Å². The van der Waals surface area contributed by atoms with Crippen molar-refractivity contribution in [2.24, 2.45) is 0 Å². The van der Waals surface area contributed by atoms with Gasteiger partial charge in [0.2, 0.25) is 5.76 Å². The molecule has 0 bridgehead atoms. The molecule has 1 aromatic heterocycles. The molecule has 0 saturated carbocycles. The van der Waals surface area contributed by atoms with Crippen LogP contribution in [0.5, 0.6) is 11.5 Å². The second-order valence-electron chi connectivity index (χ2n) is 4.52. The van der Waals surface area contributed by atoms with Gasteiger partial charge in [-0.05, 0) is 19.1 Å². The molecule has 8 nitrogen and oxygen atoms in total. The Morgan fingerprint density at radius 3 is 2.61 bits per heavy atom. The number of esters is 1. The average molecular weight is 320 g/mol. The largest absolute Gasteiger partial charge is 0.497 e. The van der Waals surface area contributed by atoms with Crippen LogP contribution in [0.2, 0.25) is 0 Å². The summed E-state index contributed by atoms with van der Waals surface area (Å²) in [6.07, 6.45) is 0. The van der Waals surface area contributed by atoms with E-state index in [0.29, 0.717) is 22.9 Å². The van der Waals surface area contributed by atoms with E-state index in [1.54, 1.807) is 25.1 Å². The molecule has 0 aliphatic carbocycles. The van der Waals surface area contributed by atoms with Crippen LogP contribution in [0.25, 0.3) is 0 Å². The summed E-state index contributed by atoms with van der Waals surface area (Å²) in [4.78, 5) is 23.5. The Hall–Kier alpha value is -3.03. The highest BCUT2D eigenvalue weighted by molar-refractivity contribution is 5.95. The highest BCUT2D eigenvalue weighted by Gasteiger charge is 2.16. The van der Waals surface area contributed by atoms with Gasteiger partial charge in [-0.3, -0.25) is 4.79 Å². The van der Waals surface area contributed by atoms with Crippen LogP contribution in [0.4, 0.5) is 5.69 Å². The number of methoxy groups -OCH3 is 2. The fourth-order valence-electron chi connectivity index (χ4n) is 1.75. The molecule has 0 aliphatic heterocycles. The van der Waals surface area contributed by atoms with E-state index in [4.69, 9.17) is 18.7 Å². The molecule has 8 heteroatoms. The van der Waals surface area contributed by atoms with Gasteiger partial charge < -0.3 is 24.1 Å². The number of carbonyl (C=O) groups excluding carboxylic acids is 2. The van der Waals surface area contributed by atoms with Crippen LogP contribution in [0.3, 0.4) is 0 Å². The topological polar surface area (TPSA) is 99.9 Å². The van der Waals surface area contributed by atoms with Gasteiger partial charge in [-0.2, -0.15) is 0 Å². The van der Waals surface area contributed by atoms with Crippen LogP contribution in [-0.4, -0.2) is 37.9 Å². The van der Waals surface area contributed by atoms with E-state index in [1.165, 1.54) is 20.3 Å². The lowest BCUT2D eigenvalue weighted by Gasteiger charge is -2.11. The van der Waals surface area contributed by atoms with Crippen LogP contribution >= 0.6 is 0 Å². The van der Waals surface area contributed by atoms with Gasteiger partial charge in [-0.25, -0.2) is 4.79 Å². The minimum absolute atomic E-state index is 0.0580. The Morgan fingerprint density at radius 1 is 1.22 bits per heavy atom. The number of ether oxygens (including phenoxy) is 3. The lowest BCUT2D eigenvalue weighted by Crippen LogP contribution is -2.21. The third-order valence-electron chi connectivity index (χ3n) is 2.85. The van der Waals surface area contributed by atoms with Gasteiger partial charge in [0, 0.05) is 12.1 Å². The standard InChI is InChI=1S/C15H16N2O6/c1-9-6-13(23-17-9)15(19)22-8-14(18)16-11-5-4-10(20-2)7-12(11)21-3/h4-7H,8H2,1-3H3,(H,16,18). The maximum atomic E-state index is 11.9. The maximum Gasteiger partial charge on any atom is 0.377 e. The summed E-state index contributed by atoms with van der Waals surface area (Å²) >= 11 is 0. The van der Waals surface area contributed by atoms with Gasteiger partial charge in [-0.15, -0.1) is 0 Å².